The van der Waals surface area contributed by atoms with Gasteiger partial charge in [0.15, 0.2) is 0 Å². The van der Waals surface area contributed by atoms with E-state index in [1.54, 1.807) is 53.4 Å². The minimum Gasteiger partial charge on any atom is -0.466 e. The van der Waals surface area contributed by atoms with Crippen molar-refractivity contribution >= 4 is 30.3 Å². The fraction of sp³-hybridized carbons (Fsp3) is 0.711. The van der Waals surface area contributed by atoms with Crippen LogP contribution in [0, 0.1) is 23.7 Å². The van der Waals surface area contributed by atoms with Crippen molar-refractivity contribution in [2.75, 3.05) is 39.4 Å². The van der Waals surface area contributed by atoms with Crippen LogP contribution in [0.2, 0.25) is 0 Å². The molecule has 2 aliphatic rings. The summed E-state index contributed by atoms with van der Waals surface area (Å²) >= 11 is 0. The molecule has 2 heterocycles. The summed E-state index contributed by atoms with van der Waals surface area (Å²) in [6.45, 7) is 27.7. The molecule has 51 heavy (non-hydrogen) atoms. The van der Waals surface area contributed by atoms with Crippen molar-refractivity contribution in [1.82, 2.24) is 9.80 Å². The first-order valence-electron chi connectivity index (χ1n) is 17.7. The zero-order valence-electron chi connectivity index (χ0n) is 33.0. The number of nitrogens with zero attached hydrogens (tertiary/aromatic N) is 2. The minimum absolute atomic E-state index is 0.0358. The maximum absolute atomic E-state index is 11.9. The van der Waals surface area contributed by atoms with Gasteiger partial charge < -0.3 is 33.3 Å². The third-order valence-corrected chi connectivity index (χ3v) is 7.33. The van der Waals surface area contributed by atoms with Crippen molar-refractivity contribution in [1.29, 1.82) is 0 Å². The van der Waals surface area contributed by atoms with E-state index in [-0.39, 0.29) is 35.8 Å². The van der Waals surface area contributed by atoms with Gasteiger partial charge in [-0.2, -0.15) is 0 Å². The summed E-state index contributed by atoms with van der Waals surface area (Å²) in [5.74, 6) is 0.0204. The fourth-order valence-electron chi connectivity index (χ4n) is 5.20. The van der Waals surface area contributed by atoms with E-state index >= 15 is 0 Å². The Kier molecular flexibility index (Phi) is 17.9. The summed E-state index contributed by atoms with van der Waals surface area (Å²) in [5.41, 5.74) is -0.602. The highest BCUT2D eigenvalue weighted by Crippen LogP contribution is 2.27. The van der Waals surface area contributed by atoms with Crippen LogP contribution in [0.4, 0.5) is 14.4 Å². The van der Waals surface area contributed by atoms with Crippen molar-refractivity contribution in [3.05, 3.63) is 35.9 Å². The Balaban J connectivity index is 0.000000385. The molecule has 0 saturated carbocycles. The lowest BCUT2D eigenvalue weighted by Gasteiger charge is -2.24. The van der Waals surface area contributed by atoms with Gasteiger partial charge in [0, 0.05) is 32.7 Å². The predicted octanol–water partition coefficient (Wildman–Crippen LogP) is 7.24. The Morgan fingerprint density at radius 1 is 0.627 bits per heavy atom. The van der Waals surface area contributed by atoms with Crippen molar-refractivity contribution in [2.45, 2.75) is 113 Å². The lowest BCUT2D eigenvalue weighted by atomic mass is 9.99. The van der Waals surface area contributed by atoms with E-state index in [0.29, 0.717) is 32.2 Å². The number of carbonyl (C=O) groups excluding carboxylic acids is 5. The van der Waals surface area contributed by atoms with Crippen LogP contribution in [-0.2, 0) is 44.6 Å². The minimum atomic E-state index is -1.06. The molecule has 0 bridgehead atoms. The average Bonchev–Trinajstić information content (AvgIpc) is 3.53. The molecule has 1 aromatic rings. The topological polar surface area (TPSA) is 147 Å². The molecule has 0 spiro atoms. The van der Waals surface area contributed by atoms with Crippen LogP contribution in [-0.4, -0.2) is 96.3 Å². The molecule has 1 amide bonds. The van der Waals surface area contributed by atoms with E-state index in [2.05, 4.69) is 40.8 Å². The second-order valence-corrected chi connectivity index (χ2v) is 15.8. The monoisotopic (exact) mass is 722 g/mol. The summed E-state index contributed by atoms with van der Waals surface area (Å²) < 4.78 is 29.2. The van der Waals surface area contributed by atoms with E-state index in [1.165, 1.54) is 5.56 Å². The second kappa shape index (κ2) is 20.2. The van der Waals surface area contributed by atoms with Crippen LogP contribution < -0.4 is 0 Å². The van der Waals surface area contributed by atoms with Crippen molar-refractivity contribution in [3.8, 4) is 0 Å². The molecule has 0 unspecified atom stereocenters. The van der Waals surface area contributed by atoms with E-state index in [4.69, 9.17) is 23.7 Å². The molecule has 0 aromatic heterocycles. The summed E-state index contributed by atoms with van der Waals surface area (Å²) in [6, 6.07) is 10.4. The third kappa shape index (κ3) is 18.8. The zero-order chi connectivity index (χ0) is 39.2. The molecule has 0 aliphatic carbocycles. The van der Waals surface area contributed by atoms with Crippen molar-refractivity contribution in [2.24, 2.45) is 23.7 Å². The number of carbonyl (C=O) groups is 5. The molecule has 2 fully saturated rings. The SMILES string of the molecule is CC(C)(C)OC(=O)OC(=O)OC(C)(C)C.CCOC(=O)[C@@H]1CN(C(=O)OC(C)(C)C)C[C@H]1C.CCOC(=O)[C@@H]1CN(Cc2ccccc2)C[C@H]1C. The maximum atomic E-state index is 11.9. The highest BCUT2D eigenvalue weighted by atomic mass is 16.8. The van der Waals surface area contributed by atoms with Crippen LogP contribution in [0.1, 0.15) is 95.6 Å². The molecule has 0 radical (unpaired) electrons. The summed E-state index contributed by atoms with van der Waals surface area (Å²) in [5, 5.41) is 0. The summed E-state index contributed by atoms with van der Waals surface area (Å²) in [7, 11) is 0. The largest absolute Gasteiger partial charge is 0.519 e. The maximum Gasteiger partial charge on any atom is 0.519 e. The number of esters is 2. The van der Waals surface area contributed by atoms with Crippen molar-refractivity contribution < 1.29 is 52.4 Å². The van der Waals surface area contributed by atoms with E-state index < -0.39 is 29.1 Å². The summed E-state index contributed by atoms with van der Waals surface area (Å²) in [4.78, 5) is 61.3. The van der Waals surface area contributed by atoms with Crippen molar-refractivity contribution in [3.63, 3.8) is 0 Å². The fourth-order valence-corrected chi connectivity index (χ4v) is 5.20. The smallest absolute Gasteiger partial charge is 0.466 e. The summed E-state index contributed by atoms with van der Waals surface area (Å²) in [6.07, 6.45) is -2.48. The molecule has 13 heteroatoms. The number of amides is 1. The van der Waals surface area contributed by atoms with Gasteiger partial charge in [0.25, 0.3) is 0 Å². The van der Waals surface area contributed by atoms with Crippen LogP contribution in [0.3, 0.4) is 0 Å². The van der Waals surface area contributed by atoms with Gasteiger partial charge in [-0.3, -0.25) is 14.5 Å². The highest BCUT2D eigenvalue weighted by molar-refractivity contribution is 5.77. The Morgan fingerprint density at radius 3 is 1.49 bits per heavy atom. The lowest BCUT2D eigenvalue weighted by Crippen LogP contribution is -2.36. The van der Waals surface area contributed by atoms with E-state index in [9.17, 15) is 24.0 Å². The predicted molar refractivity (Wildman–Crippen MR) is 192 cm³/mol. The Labute approximate surface area is 304 Å². The number of hydrogen-bond acceptors (Lipinski definition) is 12. The number of rotatable bonds is 6. The van der Waals surface area contributed by atoms with Crippen LogP contribution in [0.5, 0.6) is 0 Å². The number of benzene rings is 1. The van der Waals surface area contributed by atoms with Crippen LogP contribution in [0.15, 0.2) is 30.3 Å². The molecule has 13 nitrogen and oxygen atoms in total. The first-order valence-corrected chi connectivity index (χ1v) is 17.7. The van der Waals surface area contributed by atoms with Crippen LogP contribution >= 0.6 is 0 Å². The Morgan fingerprint density at radius 2 is 1.06 bits per heavy atom. The van der Waals surface area contributed by atoms with Gasteiger partial charge in [-0.05, 0) is 93.6 Å². The molecular formula is C38H62N2O11. The van der Waals surface area contributed by atoms with Gasteiger partial charge in [0.2, 0.25) is 0 Å². The second-order valence-electron chi connectivity index (χ2n) is 15.8. The number of ether oxygens (including phenoxy) is 6. The molecule has 0 N–H and O–H groups in total. The Hall–Kier alpha value is -3.87. The molecular weight excluding hydrogens is 660 g/mol. The normalized spacial score (nSPS) is 20.5. The molecule has 2 saturated heterocycles. The van der Waals surface area contributed by atoms with Gasteiger partial charge in [0.1, 0.15) is 16.8 Å². The first-order chi connectivity index (χ1) is 23.4. The zero-order valence-corrected chi connectivity index (χ0v) is 33.0. The van der Waals surface area contributed by atoms with Gasteiger partial charge in [-0.15, -0.1) is 0 Å². The average molecular weight is 723 g/mol. The highest BCUT2D eigenvalue weighted by Gasteiger charge is 2.39. The first kappa shape index (κ1) is 45.2. The van der Waals surface area contributed by atoms with E-state index in [1.807, 2.05) is 40.7 Å². The lowest BCUT2D eigenvalue weighted by molar-refractivity contribution is -0.149. The van der Waals surface area contributed by atoms with Gasteiger partial charge in [-0.1, -0.05) is 44.2 Å². The number of hydrogen-bond donors (Lipinski definition) is 0. The van der Waals surface area contributed by atoms with Gasteiger partial charge in [0.05, 0.1) is 25.0 Å². The van der Waals surface area contributed by atoms with E-state index in [0.717, 1.165) is 19.6 Å². The molecule has 1 aromatic carbocycles. The van der Waals surface area contributed by atoms with Gasteiger partial charge in [-0.25, -0.2) is 14.4 Å². The van der Waals surface area contributed by atoms with Gasteiger partial charge >= 0.3 is 30.3 Å². The quantitative estimate of drug-likeness (QED) is 0.166. The third-order valence-electron chi connectivity index (χ3n) is 7.33. The Bertz CT molecular complexity index is 1240. The molecule has 3 rings (SSSR count). The molecule has 4 atom stereocenters. The number of likely N-dealkylation sites (tertiary alicyclic amines) is 2. The molecule has 290 valence electrons. The standard InChI is InChI=1S/C15H21NO2.C13H23NO4.C10H18O5/c1-3-18-15(17)14-11-16(9-12(14)2)10-13-7-5-4-6-8-13;1-6-17-11(15)10-8-14(7-9(10)2)12(16)18-13(3,4)5;1-9(2,3)14-7(11)13-8(12)15-10(4,5)6/h4-8,12,14H,3,9-11H2,1-2H3;9-10H,6-8H2,1-5H3;1-6H3/t12-,14-;9-,10-;/m11./s1. The molecule has 2 aliphatic heterocycles. The van der Waals surface area contributed by atoms with Crippen LogP contribution in [0.25, 0.3) is 0 Å².